The van der Waals surface area contributed by atoms with Crippen LogP contribution in [0.4, 0.5) is 8.78 Å². The molecule has 4 nitrogen and oxygen atoms in total. The minimum absolute atomic E-state index is 0.00371. The summed E-state index contributed by atoms with van der Waals surface area (Å²) in [6.07, 6.45) is 2.44. The van der Waals surface area contributed by atoms with Gasteiger partial charge < -0.3 is 4.74 Å². The van der Waals surface area contributed by atoms with Gasteiger partial charge in [0.05, 0.1) is 12.0 Å². The molecule has 0 radical (unpaired) electrons. The molecule has 1 aliphatic rings. The fourth-order valence-corrected chi connectivity index (χ4v) is 4.83. The van der Waals surface area contributed by atoms with Gasteiger partial charge in [-0.15, -0.1) is 0 Å². The molecule has 7 heteroatoms. The summed E-state index contributed by atoms with van der Waals surface area (Å²) >= 11 is 0. The van der Waals surface area contributed by atoms with Crippen LogP contribution in [0.25, 0.3) is 0 Å². The molecular weight excluding hydrogens is 360 g/mol. The summed E-state index contributed by atoms with van der Waals surface area (Å²) in [4.78, 5) is -0.0874. The Labute approximate surface area is 152 Å². The minimum Gasteiger partial charge on any atom is -0.494 e. The average molecular weight is 381 g/mol. The fourth-order valence-electron chi connectivity index (χ4n) is 3.29. The van der Waals surface area contributed by atoms with Gasteiger partial charge in [0.25, 0.3) is 0 Å². The summed E-state index contributed by atoms with van der Waals surface area (Å²) in [6, 6.07) is 9.83. The second kappa shape index (κ2) is 7.72. The molecule has 1 saturated heterocycles. The van der Waals surface area contributed by atoms with Crippen molar-refractivity contribution >= 4 is 10.0 Å². The van der Waals surface area contributed by atoms with E-state index in [4.69, 9.17) is 4.74 Å². The normalized spacial score (nSPS) is 19.1. The van der Waals surface area contributed by atoms with Crippen molar-refractivity contribution in [3.63, 3.8) is 0 Å². The molecule has 26 heavy (non-hydrogen) atoms. The molecule has 1 heterocycles. The van der Waals surface area contributed by atoms with E-state index in [1.807, 2.05) is 0 Å². The SMILES string of the molecule is COc1ccc(S(=O)(=O)N2CCCCC(c3ccc(F)cc3)C2)cc1F. The highest BCUT2D eigenvalue weighted by Crippen LogP contribution is 2.30. The Morgan fingerprint density at radius 1 is 1.08 bits per heavy atom. The first-order chi connectivity index (χ1) is 12.4. The van der Waals surface area contributed by atoms with Gasteiger partial charge in [-0.2, -0.15) is 4.31 Å². The van der Waals surface area contributed by atoms with E-state index in [2.05, 4.69) is 0 Å². The van der Waals surface area contributed by atoms with E-state index >= 15 is 0 Å². The van der Waals surface area contributed by atoms with E-state index in [1.165, 1.54) is 35.7 Å². The zero-order valence-electron chi connectivity index (χ0n) is 14.5. The van der Waals surface area contributed by atoms with Crippen molar-refractivity contribution in [2.75, 3.05) is 20.2 Å². The largest absolute Gasteiger partial charge is 0.494 e. The number of sulfonamides is 1. The van der Waals surface area contributed by atoms with Crippen molar-refractivity contribution in [3.05, 3.63) is 59.7 Å². The van der Waals surface area contributed by atoms with Gasteiger partial charge in [0.1, 0.15) is 5.82 Å². The smallest absolute Gasteiger partial charge is 0.243 e. The highest BCUT2D eigenvalue weighted by atomic mass is 32.2. The summed E-state index contributed by atoms with van der Waals surface area (Å²) in [7, 11) is -2.49. The highest BCUT2D eigenvalue weighted by Gasteiger charge is 2.30. The molecule has 0 aliphatic carbocycles. The van der Waals surface area contributed by atoms with Crippen molar-refractivity contribution in [2.24, 2.45) is 0 Å². The molecular formula is C19H21F2NO3S. The van der Waals surface area contributed by atoms with Crippen LogP contribution in [0.15, 0.2) is 47.4 Å². The molecule has 1 unspecified atom stereocenters. The summed E-state index contributed by atoms with van der Waals surface area (Å²) in [6.45, 7) is 0.676. The monoisotopic (exact) mass is 381 g/mol. The number of rotatable bonds is 4. The summed E-state index contributed by atoms with van der Waals surface area (Å²) in [5.74, 6) is -1.04. The van der Waals surface area contributed by atoms with Crippen molar-refractivity contribution in [3.8, 4) is 5.75 Å². The molecule has 1 atom stereocenters. The van der Waals surface area contributed by atoms with Gasteiger partial charge in [0, 0.05) is 13.1 Å². The second-order valence-electron chi connectivity index (χ2n) is 6.40. The van der Waals surface area contributed by atoms with Crippen LogP contribution in [0.3, 0.4) is 0 Å². The van der Waals surface area contributed by atoms with Crippen LogP contribution in [-0.4, -0.2) is 32.9 Å². The molecule has 0 N–H and O–H groups in total. The maximum absolute atomic E-state index is 14.0. The van der Waals surface area contributed by atoms with Crippen molar-refractivity contribution in [1.82, 2.24) is 4.31 Å². The Morgan fingerprint density at radius 3 is 2.46 bits per heavy atom. The Kier molecular flexibility index (Phi) is 5.58. The Bertz CT molecular complexity index is 869. The van der Waals surface area contributed by atoms with E-state index in [1.54, 1.807) is 12.1 Å². The predicted molar refractivity (Wildman–Crippen MR) is 94.7 cm³/mol. The zero-order valence-corrected chi connectivity index (χ0v) is 15.3. The first-order valence-electron chi connectivity index (χ1n) is 8.51. The standard InChI is InChI=1S/C19H21F2NO3S/c1-25-19-10-9-17(12-18(19)21)26(23,24)22-11-3-2-4-15(13-22)14-5-7-16(20)8-6-14/h5-10,12,15H,2-4,11,13H2,1H3. The van der Waals surface area contributed by atoms with Crippen LogP contribution in [0.2, 0.25) is 0 Å². The van der Waals surface area contributed by atoms with Crippen molar-refractivity contribution in [2.45, 2.75) is 30.1 Å². The molecule has 2 aromatic rings. The summed E-state index contributed by atoms with van der Waals surface area (Å²) < 4.78 is 59.3. The topological polar surface area (TPSA) is 46.6 Å². The molecule has 0 saturated carbocycles. The number of benzene rings is 2. The minimum atomic E-state index is -3.82. The third-order valence-electron chi connectivity index (χ3n) is 4.74. The van der Waals surface area contributed by atoms with Crippen LogP contribution in [0, 0.1) is 11.6 Å². The maximum atomic E-state index is 14.0. The number of methoxy groups -OCH3 is 1. The van der Waals surface area contributed by atoms with Gasteiger partial charge in [-0.1, -0.05) is 18.6 Å². The molecule has 0 amide bonds. The van der Waals surface area contributed by atoms with Crippen LogP contribution >= 0.6 is 0 Å². The van der Waals surface area contributed by atoms with Crippen LogP contribution in [0.1, 0.15) is 30.7 Å². The van der Waals surface area contributed by atoms with Gasteiger partial charge in [-0.3, -0.25) is 0 Å². The van der Waals surface area contributed by atoms with Crippen molar-refractivity contribution in [1.29, 1.82) is 0 Å². The lowest BCUT2D eigenvalue weighted by molar-refractivity contribution is 0.384. The quantitative estimate of drug-likeness (QED) is 0.806. The third-order valence-corrected chi connectivity index (χ3v) is 6.60. The number of hydrogen-bond donors (Lipinski definition) is 0. The van der Waals surface area contributed by atoms with E-state index in [9.17, 15) is 17.2 Å². The van der Waals surface area contributed by atoms with E-state index in [0.29, 0.717) is 13.1 Å². The first-order valence-corrected chi connectivity index (χ1v) is 9.95. The number of nitrogens with zero attached hydrogens (tertiary/aromatic N) is 1. The zero-order chi connectivity index (χ0) is 18.7. The average Bonchev–Trinajstić information content (AvgIpc) is 2.89. The van der Waals surface area contributed by atoms with Crippen LogP contribution in [-0.2, 0) is 10.0 Å². The highest BCUT2D eigenvalue weighted by molar-refractivity contribution is 7.89. The number of halogens is 2. The van der Waals surface area contributed by atoms with Gasteiger partial charge in [0.15, 0.2) is 11.6 Å². The molecule has 0 bridgehead atoms. The van der Waals surface area contributed by atoms with Gasteiger partial charge in [0.2, 0.25) is 10.0 Å². The van der Waals surface area contributed by atoms with E-state index < -0.39 is 15.8 Å². The number of hydrogen-bond acceptors (Lipinski definition) is 3. The Hall–Kier alpha value is -1.99. The lowest BCUT2D eigenvalue weighted by Crippen LogP contribution is -2.34. The fraction of sp³-hybridized carbons (Fsp3) is 0.368. The first kappa shape index (κ1) is 18.8. The van der Waals surface area contributed by atoms with E-state index in [-0.39, 0.29) is 22.4 Å². The van der Waals surface area contributed by atoms with Gasteiger partial charge in [-0.25, -0.2) is 17.2 Å². The van der Waals surface area contributed by atoms with Crippen LogP contribution in [0.5, 0.6) is 5.75 Å². The predicted octanol–water partition coefficient (Wildman–Crippen LogP) is 3.93. The second-order valence-corrected chi connectivity index (χ2v) is 8.34. The third kappa shape index (κ3) is 3.88. The lowest BCUT2D eigenvalue weighted by atomic mass is 9.95. The Morgan fingerprint density at radius 2 is 1.81 bits per heavy atom. The van der Waals surface area contributed by atoms with E-state index in [0.717, 1.165) is 30.9 Å². The van der Waals surface area contributed by atoms with Crippen LogP contribution < -0.4 is 4.74 Å². The molecule has 140 valence electrons. The molecule has 1 fully saturated rings. The molecule has 2 aromatic carbocycles. The van der Waals surface area contributed by atoms with Crippen molar-refractivity contribution < 1.29 is 21.9 Å². The van der Waals surface area contributed by atoms with Gasteiger partial charge >= 0.3 is 0 Å². The maximum Gasteiger partial charge on any atom is 0.243 e. The molecule has 3 rings (SSSR count). The summed E-state index contributed by atoms with van der Waals surface area (Å²) in [5.41, 5.74) is 0.911. The summed E-state index contributed by atoms with van der Waals surface area (Å²) in [5, 5.41) is 0. The van der Waals surface area contributed by atoms with Gasteiger partial charge in [-0.05, 0) is 54.7 Å². The molecule has 0 aromatic heterocycles. The Balaban J connectivity index is 1.88. The number of ether oxygens (including phenoxy) is 1. The molecule has 1 aliphatic heterocycles. The lowest BCUT2D eigenvalue weighted by Gasteiger charge is -2.24. The molecule has 0 spiro atoms.